The zero-order chi connectivity index (χ0) is 31.9. The number of thiazole rings is 1. The second kappa shape index (κ2) is 12.2. The van der Waals surface area contributed by atoms with Crippen LogP contribution in [0.5, 0.6) is 0 Å². The van der Waals surface area contributed by atoms with Crippen LogP contribution < -0.4 is 10.6 Å². The molecule has 0 unspecified atom stereocenters. The highest BCUT2D eigenvalue weighted by Crippen LogP contribution is 2.38. The van der Waals surface area contributed by atoms with Crippen LogP contribution in [0.4, 0.5) is 11.4 Å². The SMILES string of the molecule is CC(C)(C)CNc1c(C#N)cnc2c(Cl)cc(N[C@H](c3cn(C4CCN(C(C)(C)C)CC4)nn3)c3cccc4ncsc34)cc12. The van der Waals surface area contributed by atoms with Crippen LogP contribution in [-0.4, -0.2) is 55.0 Å². The third kappa shape index (κ3) is 6.62. The molecule has 6 rings (SSSR count). The number of nitriles is 1. The fourth-order valence-corrected chi connectivity index (χ4v) is 7.09. The first kappa shape index (κ1) is 31.2. The molecule has 1 saturated heterocycles. The zero-order valence-electron chi connectivity index (χ0n) is 26.7. The van der Waals surface area contributed by atoms with Crippen LogP contribution in [0.3, 0.4) is 0 Å². The van der Waals surface area contributed by atoms with Crippen LogP contribution in [-0.2, 0) is 0 Å². The lowest BCUT2D eigenvalue weighted by Gasteiger charge is -2.40. The molecule has 4 heterocycles. The van der Waals surface area contributed by atoms with Gasteiger partial charge in [-0.05, 0) is 62.8 Å². The summed E-state index contributed by atoms with van der Waals surface area (Å²) in [6.45, 7) is 16.0. The van der Waals surface area contributed by atoms with Gasteiger partial charge in [0.15, 0.2) is 0 Å². The van der Waals surface area contributed by atoms with Crippen molar-refractivity contribution >= 4 is 55.4 Å². The Balaban J connectivity index is 1.39. The molecule has 0 aliphatic carbocycles. The number of halogens is 1. The summed E-state index contributed by atoms with van der Waals surface area (Å²) in [5.74, 6) is 0. The summed E-state index contributed by atoms with van der Waals surface area (Å²) >= 11 is 8.48. The Morgan fingerprint density at radius 3 is 2.60 bits per heavy atom. The third-order valence-electron chi connectivity index (χ3n) is 8.46. The summed E-state index contributed by atoms with van der Waals surface area (Å²) < 4.78 is 3.14. The quantitative estimate of drug-likeness (QED) is 0.184. The van der Waals surface area contributed by atoms with Crippen LogP contribution >= 0.6 is 22.9 Å². The summed E-state index contributed by atoms with van der Waals surface area (Å²) in [5.41, 5.74) is 7.52. The highest BCUT2D eigenvalue weighted by molar-refractivity contribution is 7.17. The molecule has 45 heavy (non-hydrogen) atoms. The number of hydrogen-bond donors (Lipinski definition) is 2. The van der Waals surface area contributed by atoms with E-state index in [0.29, 0.717) is 28.7 Å². The van der Waals surface area contributed by atoms with Gasteiger partial charge in [-0.1, -0.05) is 49.7 Å². The fraction of sp³-hybridized carbons (Fsp3) is 0.441. The molecule has 0 saturated carbocycles. The number of hydrogen-bond acceptors (Lipinski definition) is 9. The molecular formula is C34H40ClN9S. The fourth-order valence-electron chi connectivity index (χ4n) is 5.99. The minimum atomic E-state index is -0.316. The minimum absolute atomic E-state index is 0.00961. The summed E-state index contributed by atoms with van der Waals surface area (Å²) in [6, 6.07) is 12.4. The summed E-state index contributed by atoms with van der Waals surface area (Å²) in [5, 5.41) is 27.8. The van der Waals surface area contributed by atoms with E-state index in [1.54, 1.807) is 17.5 Å². The van der Waals surface area contributed by atoms with E-state index in [2.05, 4.69) is 90.6 Å². The molecule has 11 heteroatoms. The number of rotatable bonds is 7. The summed E-state index contributed by atoms with van der Waals surface area (Å²) in [4.78, 5) is 11.7. The van der Waals surface area contributed by atoms with E-state index in [0.717, 1.165) is 64.2 Å². The molecule has 0 spiro atoms. The number of aromatic nitrogens is 5. The Bertz CT molecular complexity index is 1870. The van der Waals surface area contributed by atoms with E-state index in [9.17, 15) is 5.26 Å². The number of pyridine rings is 1. The second-order valence-electron chi connectivity index (χ2n) is 14.1. The molecule has 1 aliphatic heterocycles. The molecular weight excluding hydrogens is 602 g/mol. The molecule has 0 amide bonds. The van der Waals surface area contributed by atoms with Crippen molar-refractivity contribution in [1.29, 1.82) is 5.26 Å². The molecule has 5 aromatic rings. The van der Waals surface area contributed by atoms with E-state index < -0.39 is 0 Å². The minimum Gasteiger partial charge on any atom is -0.383 e. The van der Waals surface area contributed by atoms with Crippen molar-refractivity contribution in [1.82, 2.24) is 29.9 Å². The van der Waals surface area contributed by atoms with Gasteiger partial charge in [-0.15, -0.1) is 16.4 Å². The van der Waals surface area contributed by atoms with E-state index >= 15 is 0 Å². The Hall–Kier alpha value is -3.78. The molecule has 2 N–H and O–H groups in total. The van der Waals surface area contributed by atoms with E-state index in [1.165, 1.54) is 0 Å². The first-order chi connectivity index (χ1) is 21.4. The molecule has 1 fully saturated rings. The maximum absolute atomic E-state index is 9.93. The van der Waals surface area contributed by atoms with Gasteiger partial charge >= 0.3 is 0 Å². The van der Waals surface area contributed by atoms with Crippen molar-refractivity contribution in [2.45, 2.75) is 72.0 Å². The Labute approximate surface area is 273 Å². The standard InChI is InChI=1S/C34H40ClN9S/c1-33(2,3)19-38-29-21(16-36)17-37-30-25(29)14-22(15-26(30)35)40-31(24-8-7-9-27-32(24)45-20-39-27)28-18-44(42-41-28)23-10-12-43(13-11-23)34(4,5)6/h7-9,14-15,17-18,20,23,31,40H,10-13,19H2,1-6H3,(H,37,38)/t31-/m0/s1. The molecule has 0 radical (unpaired) electrons. The number of anilines is 2. The monoisotopic (exact) mass is 641 g/mol. The predicted molar refractivity (Wildman–Crippen MR) is 184 cm³/mol. The van der Waals surface area contributed by atoms with E-state index in [-0.39, 0.29) is 17.0 Å². The van der Waals surface area contributed by atoms with Gasteiger partial charge in [-0.2, -0.15) is 5.26 Å². The van der Waals surface area contributed by atoms with Crippen molar-refractivity contribution in [2.24, 2.45) is 5.41 Å². The van der Waals surface area contributed by atoms with Crippen molar-refractivity contribution in [3.05, 3.63) is 70.1 Å². The summed E-state index contributed by atoms with van der Waals surface area (Å²) in [7, 11) is 0. The second-order valence-corrected chi connectivity index (χ2v) is 15.3. The van der Waals surface area contributed by atoms with Gasteiger partial charge in [0.05, 0.1) is 55.8 Å². The molecule has 1 aliphatic rings. The topological polar surface area (TPSA) is 108 Å². The number of likely N-dealkylation sites (tertiary alicyclic amines) is 1. The molecule has 2 aromatic carbocycles. The number of benzene rings is 2. The van der Waals surface area contributed by atoms with Gasteiger partial charge in [-0.3, -0.25) is 9.88 Å². The van der Waals surface area contributed by atoms with E-state index in [4.69, 9.17) is 16.7 Å². The highest BCUT2D eigenvalue weighted by Gasteiger charge is 2.29. The van der Waals surface area contributed by atoms with Gasteiger partial charge in [0.1, 0.15) is 11.8 Å². The van der Waals surface area contributed by atoms with Crippen molar-refractivity contribution < 1.29 is 0 Å². The lowest BCUT2D eigenvalue weighted by molar-refractivity contribution is 0.0866. The first-order valence-electron chi connectivity index (χ1n) is 15.4. The Morgan fingerprint density at radius 2 is 1.89 bits per heavy atom. The van der Waals surface area contributed by atoms with Gasteiger partial charge < -0.3 is 10.6 Å². The molecule has 234 valence electrons. The first-order valence-corrected chi connectivity index (χ1v) is 16.7. The number of piperidine rings is 1. The maximum Gasteiger partial charge on any atom is 0.110 e. The van der Waals surface area contributed by atoms with Gasteiger partial charge in [0.2, 0.25) is 0 Å². The maximum atomic E-state index is 9.93. The number of fused-ring (bicyclic) bond motifs is 2. The Morgan fingerprint density at radius 1 is 1.11 bits per heavy atom. The molecule has 1 atom stereocenters. The van der Waals surface area contributed by atoms with Crippen LogP contribution in [0, 0.1) is 16.7 Å². The molecule has 9 nitrogen and oxygen atoms in total. The van der Waals surface area contributed by atoms with Gasteiger partial charge in [0, 0.05) is 42.4 Å². The smallest absolute Gasteiger partial charge is 0.110 e. The van der Waals surface area contributed by atoms with Crippen molar-refractivity contribution in [3.63, 3.8) is 0 Å². The van der Waals surface area contributed by atoms with E-state index in [1.807, 2.05) is 34.5 Å². The average Bonchev–Trinajstić information content (AvgIpc) is 3.68. The highest BCUT2D eigenvalue weighted by atomic mass is 35.5. The normalized spacial score (nSPS) is 15.8. The van der Waals surface area contributed by atoms with Gasteiger partial charge in [-0.25, -0.2) is 9.67 Å². The van der Waals surface area contributed by atoms with Crippen LogP contribution in [0.1, 0.15) is 83.3 Å². The molecule has 3 aromatic heterocycles. The number of nitrogens with one attached hydrogen (secondary N) is 2. The average molecular weight is 642 g/mol. The van der Waals surface area contributed by atoms with Crippen LogP contribution in [0.15, 0.2) is 48.2 Å². The van der Waals surface area contributed by atoms with Crippen molar-refractivity contribution in [3.8, 4) is 6.07 Å². The molecule has 0 bridgehead atoms. The van der Waals surface area contributed by atoms with Crippen LogP contribution in [0.25, 0.3) is 21.1 Å². The zero-order valence-corrected chi connectivity index (χ0v) is 28.3. The van der Waals surface area contributed by atoms with Gasteiger partial charge in [0.25, 0.3) is 0 Å². The predicted octanol–water partition coefficient (Wildman–Crippen LogP) is 8.06. The van der Waals surface area contributed by atoms with Crippen LogP contribution in [0.2, 0.25) is 5.02 Å². The van der Waals surface area contributed by atoms with Crippen molar-refractivity contribution in [2.75, 3.05) is 30.3 Å². The summed E-state index contributed by atoms with van der Waals surface area (Å²) in [6.07, 6.45) is 5.73. The largest absolute Gasteiger partial charge is 0.383 e. The lowest BCUT2D eigenvalue weighted by Crippen LogP contribution is -2.46. The lowest BCUT2D eigenvalue weighted by atomic mass is 9.96. The Kier molecular flexibility index (Phi) is 8.46. The third-order valence-corrected chi connectivity index (χ3v) is 9.64. The number of nitrogens with zero attached hydrogens (tertiary/aromatic N) is 7.